The quantitative estimate of drug-likeness (QED) is 0.824. The van der Waals surface area contributed by atoms with Crippen molar-refractivity contribution in [2.45, 2.75) is 6.54 Å². The van der Waals surface area contributed by atoms with Crippen LogP contribution in [-0.4, -0.2) is 33.7 Å². The van der Waals surface area contributed by atoms with Gasteiger partial charge >= 0.3 is 0 Å². The van der Waals surface area contributed by atoms with Crippen LogP contribution in [0.4, 0.5) is 0 Å². The fourth-order valence-corrected chi connectivity index (χ4v) is 2.57. The first-order valence-electron chi connectivity index (χ1n) is 4.25. The van der Waals surface area contributed by atoms with Gasteiger partial charge in [-0.05, 0) is 11.4 Å². The zero-order valence-corrected chi connectivity index (χ0v) is 10.4. The molecule has 0 saturated carbocycles. The smallest absolute Gasteiger partial charge is 0.136 e. The Balaban J connectivity index is 2.34. The minimum Gasteiger partial charge on any atom is -0.396 e. The number of thioether (sulfide) groups is 1. The highest BCUT2D eigenvalue weighted by Gasteiger charge is 2.05. The van der Waals surface area contributed by atoms with Gasteiger partial charge < -0.3 is 10.0 Å². The van der Waals surface area contributed by atoms with Gasteiger partial charge in [-0.3, -0.25) is 0 Å². The van der Waals surface area contributed by atoms with E-state index in [1.165, 1.54) is 16.6 Å². The van der Waals surface area contributed by atoms with E-state index in [2.05, 4.69) is 11.4 Å². The molecule has 0 saturated heterocycles. The third kappa shape index (κ3) is 3.96. The molecule has 0 spiro atoms. The number of rotatable bonds is 4. The van der Waals surface area contributed by atoms with E-state index in [1.54, 1.807) is 11.3 Å². The van der Waals surface area contributed by atoms with Gasteiger partial charge in [0.2, 0.25) is 0 Å². The molecule has 14 heavy (non-hydrogen) atoms. The highest BCUT2D eigenvalue weighted by molar-refractivity contribution is 8.22. The van der Waals surface area contributed by atoms with Crippen molar-refractivity contribution >= 4 is 39.6 Å². The maximum Gasteiger partial charge on any atom is 0.136 e. The van der Waals surface area contributed by atoms with Crippen molar-refractivity contribution < 1.29 is 5.11 Å². The molecule has 0 aliphatic heterocycles. The van der Waals surface area contributed by atoms with E-state index in [1.807, 2.05) is 18.0 Å². The molecule has 0 unspecified atom stereocenters. The van der Waals surface area contributed by atoms with Crippen LogP contribution in [0, 0.1) is 0 Å². The molecule has 0 aromatic carbocycles. The Morgan fingerprint density at radius 3 is 3.07 bits per heavy atom. The summed E-state index contributed by atoms with van der Waals surface area (Å²) >= 11 is 8.45. The molecule has 1 aromatic rings. The average molecular weight is 247 g/mol. The van der Waals surface area contributed by atoms with E-state index in [4.69, 9.17) is 17.3 Å². The van der Waals surface area contributed by atoms with Gasteiger partial charge in [0.25, 0.3) is 0 Å². The van der Waals surface area contributed by atoms with Crippen molar-refractivity contribution in [2.75, 3.05) is 19.4 Å². The Labute approximate surface area is 97.9 Å². The molecule has 5 heteroatoms. The Kier molecular flexibility index (Phi) is 5.47. The summed E-state index contributed by atoms with van der Waals surface area (Å²) in [7, 11) is 1.98. The Hall–Kier alpha value is -0.100. The molecule has 2 nitrogen and oxygen atoms in total. The second-order valence-electron chi connectivity index (χ2n) is 2.77. The predicted molar refractivity (Wildman–Crippen MR) is 67.9 cm³/mol. The topological polar surface area (TPSA) is 23.5 Å². The van der Waals surface area contributed by atoms with Crippen LogP contribution >= 0.6 is 35.3 Å². The van der Waals surface area contributed by atoms with Gasteiger partial charge in [-0.2, -0.15) is 0 Å². The van der Waals surface area contributed by atoms with E-state index < -0.39 is 0 Å². The lowest BCUT2D eigenvalue weighted by molar-refractivity contribution is 0.322. The fourth-order valence-electron chi connectivity index (χ4n) is 0.944. The Bertz CT molecular complexity index is 274. The first kappa shape index (κ1) is 12.0. The molecule has 0 aliphatic carbocycles. The Morgan fingerprint density at radius 1 is 1.71 bits per heavy atom. The molecule has 0 fully saturated rings. The first-order valence-corrected chi connectivity index (χ1v) is 6.52. The zero-order chi connectivity index (χ0) is 10.4. The van der Waals surface area contributed by atoms with Gasteiger partial charge in [0, 0.05) is 17.7 Å². The molecule has 1 rings (SSSR count). The molecule has 0 bridgehead atoms. The van der Waals surface area contributed by atoms with Gasteiger partial charge in [0.05, 0.1) is 13.2 Å². The summed E-state index contributed by atoms with van der Waals surface area (Å²) in [6, 6.07) is 4.14. The lowest BCUT2D eigenvalue weighted by Gasteiger charge is -2.18. The molecular formula is C9H13NOS3. The third-order valence-corrected chi connectivity index (χ3v) is 4.07. The SMILES string of the molecule is CN(Cc1cccs1)C(=S)SCCO. The molecule has 78 valence electrons. The summed E-state index contributed by atoms with van der Waals surface area (Å²) in [5.74, 6) is 0.674. The number of nitrogens with zero attached hydrogens (tertiary/aromatic N) is 1. The number of hydrogen-bond acceptors (Lipinski definition) is 4. The predicted octanol–water partition coefficient (Wildman–Crippen LogP) is 2.19. The van der Waals surface area contributed by atoms with Gasteiger partial charge in [0.15, 0.2) is 0 Å². The third-order valence-electron chi connectivity index (χ3n) is 1.60. The summed E-state index contributed by atoms with van der Waals surface area (Å²) in [6.07, 6.45) is 0. The maximum atomic E-state index is 8.66. The minimum absolute atomic E-state index is 0.178. The van der Waals surface area contributed by atoms with Crippen molar-refractivity contribution in [1.29, 1.82) is 0 Å². The molecule has 0 atom stereocenters. The minimum atomic E-state index is 0.178. The first-order chi connectivity index (χ1) is 6.74. The highest BCUT2D eigenvalue weighted by atomic mass is 32.2. The van der Waals surface area contributed by atoms with Crippen molar-refractivity contribution in [2.24, 2.45) is 0 Å². The molecular weight excluding hydrogens is 234 g/mol. The molecule has 1 N–H and O–H groups in total. The van der Waals surface area contributed by atoms with Crippen LogP contribution < -0.4 is 0 Å². The van der Waals surface area contributed by atoms with Crippen molar-refractivity contribution in [3.63, 3.8) is 0 Å². The van der Waals surface area contributed by atoms with Crippen LogP contribution in [0.5, 0.6) is 0 Å². The molecule has 0 aliphatic rings. The lowest BCUT2D eigenvalue weighted by atomic mass is 10.4. The average Bonchev–Trinajstić information content (AvgIpc) is 2.66. The maximum absolute atomic E-state index is 8.66. The van der Waals surface area contributed by atoms with Crippen LogP contribution in [0.3, 0.4) is 0 Å². The molecule has 0 radical (unpaired) electrons. The second-order valence-corrected chi connectivity index (χ2v) is 5.53. The number of hydrogen-bond donors (Lipinski definition) is 1. The number of thiocarbonyl (C=S) groups is 1. The van der Waals surface area contributed by atoms with Gasteiger partial charge in [-0.25, -0.2) is 0 Å². The van der Waals surface area contributed by atoms with Crippen LogP contribution in [0.15, 0.2) is 17.5 Å². The van der Waals surface area contributed by atoms with E-state index in [0.717, 1.165) is 10.9 Å². The van der Waals surface area contributed by atoms with Crippen molar-refractivity contribution in [3.8, 4) is 0 Å². The van der Waals surface area contributed by atoms with E-state index in [-0.39, 0.29) is 6.61 Å². The van der Waals surface area contributed by atoms with Gasteiger partial charge in [0.1, 0.15) is 4.32 Å². The molecule has 0 amide bonds. The lowest BCUT2D eigenvalue weighted by Crippen LogP contribution is -2.21. The van der Waals surface area contributed by atoms with Gasteiger partial charge in [-0.1, -0.05) is 30.0 Å². The normalized spacial score (nSPS) is 10.1. The standard InChI is InChI=1S/C9H13NOS3/c1-10(9(12)14-6-4-11)7-8-3-2-5-13-8/h2-3,5,11H,4,6-7H2,1H3. The van der Waals surface area contributed by atoms with Gasteiger partial charge in [-0.15, -0.1) is 11.3 Å². The monoisotopic (exact) mass is 247 g/mol. The summed E-state index contributed by atoms with van der Waals surface area (Å²) in [4.78, 5) is 3.33. The number of aliphatic hydroxyl groups excluding tert-OH is 1. The number of thiophene rings is 1. The van der Waals surface area contributed by atoms with Crippen LogP contribution in [0.1, 0.15) is 4.88 Å². The fraction of sp³-hybridized carbons (Fsp3) is 0.444. The van der Waals surface area contributed by atoms with Crippen molar-refractivity contribution in [1.82, 2.24) is 4.90 Å². The largest absolute Gasteiger partial charge is 0.396 e. The summed E-state index contributed by atoms with van der Waals surface area (Å²) in [5.41, 5.74) is 0. The van der Waals surface area contributed by atoms with E-state index in [0.29, 0.717) is 5.75 Å². The van der Waals surface area contributed by atoms with Crippen LogP contribution in [0.2, 0.25) is 0 Å². The Morgan fingerprint density at radius 2 is 2.50 bits per heavy atom. The summed E-state index contributed by atoms with van der Waals surface area (Å²) < 4.78 is 0.840. The molecule has 1 heterocycles. The van der Waals surface area contributed by atoms with E-state index >= 15 is 0 Å². The highest BCUT2D eigenvalue weighted by Crippen LogP contribution is 2.14. The second kappa shape index (κ2) is 6.40. The summed E-state index contributed by atoms with van der Waals surface area (Å²) in [5, 5.41) is 10.7. The number of aliphatic hydroxyl groups is 1. The zero-order valence-electron chi connectivity index (χ0n) is 7.97. The van der Waals surface area contributed by atoms with Crippen LogP contribution in [-0.2, 0) is 6.54 Å². The van der Waals surface area contributed by atoms with E-state index in [9.17, 15) is 0 Å². The molecule has 1 aromatic heterocycles. The summed E-state index contributed by atoms with van der Waals surface area (Å²) in [6.45, 7) is 1.03. The van der Waals surface area contributed by atoms with Crippen LogP contribution in [0.25, 0.3) is 0 Å². The van der Waals surface area contributed by atoms with Crippen molar-refractivity contribution in [3.05, 3.63) is 22.4 Å².